The van der Waals surface area contributed by atoms with E-state index >= 15 is 0 Å². The molecule has 7 N–H and O–H groups in total. The lowest BCUT2D eigenvalue weighted by molar-refractivity contribution is -0.144. The highest BCUT2D eigenvalue weighted by Crippen LogP contribution is 2.08. The fourth-order valence-electron chi connectivity index (χ4n) is 3.70. The van der Waals surface area contributed by atoms with Crippen molar-refractivity contribution < 1.29 is 43.8 Å². The zero-order chi connectivity index (χ0) is 32.1. The van der Waals surface area contributed by atoms with E-state index in [-0.39, 0.29) is 6.42 Å². The molecule has 0 aliphatic heterocycles. The van der Waals surface area contributed by atoms with Crippen molar-refractivity contribution >= 4 is 41.5 Å². The Balaban J connectivity index is 2.83. The van der Waals surface area contributed by atoms with Gasteiger partial charge < -0.3 is 36.8 Å². The Morgan fingerprint density at radius 1 is 0.714 bits per heavy atom. The first kappa shape index (κ1) is 35.5. The van der Waals surface area contributed by atoms with Crippen LogP contribution in [0.25, 0.3) is 0 Å². The molecule has 0 bridgehead atoms. The first-order valence-electron chi connectivity index (χ1n) is 13.5. The molecule has 0 aliphatic carbocycles. The highest BCUT2D eigenvalue weighted by molar-refractivity contribution is 5.98. The predicted molar refractivity (Wildman–Crippen MR) is 151 cm³/mol. The van der Waals surface area contributed by atoms with Crippen LogP contribution in [0.15, 0.2) is 24.3 Å². The fraction of sp³-hybridized carbons (Fsp3) is 0.536. The van der Waals surface area contributed by atoms with Gasteiger partial charge >= 0.3 is 11.9 Å². The quantitative estimate of drug-likeness (QED) is 0.137. The molecule has 4 atom stereocenters. The van der Waals surface area contributed by atoms with Gasteiger partial charge in [0.25, 0.3) is 5.91 Å². The summed E-state index contributed by atoms with van der Waals surface area (Å²) in [5.74, 6) is -7.02. The minimum Gasteiger partial charge on any atom is -0.481 e. The highest BCUT2D eigenvalue weighted by Gasteiger charge is 2.32. The molecule has 5 amide bonds. The number of carboxylic acids is 2. The first-order valence-corrected chi connectivity index (χ1v) is 13.5. The van der Waals surface area contributed by atoms with E-state index in [0.717, 1.165) is 5.56 Å². The SMILES string of the molecule is Cc1ccc(C(=O)NCC(=O)N[C@@H](C)C(=O)N[C@H](C(=O)N[C@@H](CCC(=O)O)C(=O)N[C@H](C(=O)O)C(C)C)C(C)C)cc1. The molecule has 0 saturated heterocycles. The van der Waals surface area contributed by atoms with Crippen LogP contribution in [0.4, 0.5) is 0 Å². The van der Waals surface area contributed by atoms with E-state index < -0.39 is 90.4 Å². The number of aliphatic carboxylic acids is 2. The third kappa shape index (κ3) is 11.9. The Morgan fingerprint density at radius 3 is 1.76 bits per heavy atom. The van der Waals surface area contributed by atoms with E-state index in [2.05, 4.69) is 26.6 Å². The number of benzene rings is 1. The van der Waals surface area contributed by atoms with Gasteiger partial charge in [0, 0.05) is 12.0 Å². The van der Waals surface area contributed by atoms with E-state index in [9.17, 15) is 38.7 Å². The molecule has 0 spiro atoms. The number of amides is 5. The third-order valence-corrected chi connectivity index (χ3v) is 6.25. The summed E-state index contributed by atoms with van der Waals surface area (Å²) in [5.41, 5.74) is 1.33. The van der Waals surface area contributed by atoms with E-state index in [1.807, 2.05) is 6.92 Å². The van der Waals surface area contributed by atoms with Crippen LogP contribution in [0.2, 0.25) is 0 Å². The van der Waals surface area contributed by atoms with E-state index in [1.54, 1.807) is 52.0 Å². The molecule has 232 valence electrons. The lowest BCUT2D eigenvalue weighted by Crippen LogP contribution is -2.59. The van der Waals surface area contributed by atoms with Crippen molar-refractivity contribution in [1.29, 1.82) is 0 Å². The molecule has 1 aromatic carbocycles. The second-order valence-corrected chi connectivity index (χ2v) is 10.6. The molecule has 0 saturated carbocycles. The highest BCUT2D eigenvalue weighted by atomic mass is 16.4. The van der Waals surface area contributed by atoms with Gasteiger partial charge in [-0.2, -0.15) is 0 Å². The number of carboxylic acid groups (broad SMARTS) is 2. The molecule has 0 aliphatic rings. The van der Waals surface area contributed by atoms with Gasteiger partial charge in [0.05, 0.1) is 6.54 Å². The van der Waals surface area contributed by atoms with Crippen LogP contribution in [0.5, 0.6) is 0 Å². The van der Waals surface area contributed by atoms with E-state index in [1.165, 1.54) is 6.92 Å². The molecule has 42 heavy (non-hydrogen) atoms. The van der Waals surface area contributed by atoms with Crippen LogP contribution in [0.1, 0.15) is 63.4 Å². The van der Waals surface area contributed by atoms with Crippen molar-refractivity contribution in [3.05, 3.63) is 35.4 Å². The van der Waals surface area contributed by atoms with Crippen LogP contribution in [-0.4, -0.2) is 82.4 Å². The van der Waals surface area contributed by atoms with Crippen LogP contribution in [0, 0.1) is 18.8 Å². The summed E-state index contributed by atoms with van der Waals surface area (Å²) in [6, 6.07) is 1.79. The zero-order valence-corrected chi connectivity index (χ0v) is 24.6. The molecule has 0 unspecified atom stereocenters. The minimum absolute atomic E-state index is 0.323. The topological polar surface area (TPSA) is 220 Å². The smallest absolute Gasteiger partial charge is 0.326 e. The average Bonchev–Trinajstić information content (AvgIpc) is 2.90. The summed E-state index contributed by atoms with van der Waals surface area (Å²) >= 11 is 0. The van der Waals surface area contributed by atoms with Gasteiger partial charge in [-0.05, 0) is 44.2 Å². The second kappa shape index (κ2) is 16.7. The summed E-state index contributed by atoms with van der Waals surface area (Å²) in [7, 11) is 0. The summed E-state index contributed by atoms with van der Waals surface area (Å²) in [4.78, 5) is 85.9. The maximum Gasteiger partial charge on any atom is 0.326 e. The average molecular weight is 592 g/mol. The van der Waals surface area contributed by atoms with Crippen LogP contribution < -0.4 is 26.6 Å². The zero-order valence-electron chi connectivity index (χ0n) is 24.6. The number of carbonyl (C=O) groups excluding carboxylic acids is 5. The summed E-state index contributed by atoms with van der Waals surface area (Å²) in [6.45, 7) is 9.25. The lowest BCUT2D eigenvalue weighted by atomic mass is 10.0. The van der Waals surface area contributed by atoms with Gasteiger partial charge in [-0.3, -0.25) is 28.8 Å². The number of hydrogen-bond acceptors (Lipinski definition) is 7. The van der Waals surface area contributed by atoms with Gasteiger partial charge in [0.15, 0.2) is 0 Å². The standard InChI is InChI=1S/C28H41N5O9/c1-14(2)22(27(40)31-19(11-12-21(35)36)26(39)33-23(15(3)4)28(41)42)32-24(37)17(6)30-20(34)13-29-25(38)18-9-7-16(5)8-10-18/h7-10,14-15,17,19,22-23H,11-13H2,1-6H3,(H,29,38)(H,30,34)(H,31,40)(H,32,37)(H,33,39)(H,35,36)(H,41,42)/t17-,19-,22-,23-/m0/s1. The van der Waals surface area contributed by atoms with Crippen LogP contribution in [0.3, 0.4) is 0 Å². The molecule has 14 heteroatoms. The largest absolute Gasteiger partial charge is 0.481 e. The summed E-state index contributed by atoms with van der Waals surface area (Å²) in [6.07, 6.45) is -0.809. The van der Waals surface area contributed by atoms with Crippen LogP contribution >= 0.6 is 0 Å². The summed E-state index contributed by atoms with van der Waals surface area (Å²) in [5, 5.41) is 30.6. The second-order valence-electron chi connectivity index (χ2n) is 10.6. The molecule has 14 nitrogen and oxygen atoms in total. The number of aryl methyl sites for hydroxylation is 1. The van der Waals surface area contributed by atoms with Crippen molar-refractivity contribution in [1.82, 2.24) is 26.6 Å². The molecular formula is C28H41N5O9. The Labute approximate surface area is 244 Å². The minimum atomic E-state index is -1.39. The normalized spacial score (nSPS) is 13.7. The molecule has 1 aromatic rings. The van der Waals surface area contributed by atoms with E-state index in [0.29, 0.717) is 5.56 Å². The van der Waals surface area contributed by atoms with Gasteiger partial charge in [0.1, 0.15) is 24.2 Å². The summed E-state index contributed by atoms with van der Waals surface area (Å²) < 4.78 is 0. The number of carbonyl (C=O) groups is 7. The van der Waals surface area contributed by atoms with Crippen LogP contribution in [-0.2, 0) is 28.8 Å². The van der Waals surface area contributed by atoms with Gasteiger partial charge in [-0.25, -0.2) is 4.79 Å². The Kier molecular flexibility index (Phi) is 14.1. The fourth-order valence-corrected chi connectivity index (χ4v) is 3.70. The number of rotatable bonds is 16. The Bertz CT molecular complexity index is 1150. The molecule has 0 fully saturated rings. The molecular weight excluding hydrogens is 550 g/mol. The third-order valence-electron chi connectivity index (χ3n) is 6.25. The predicted octanol–water partition coefficient (Wildman–Crippen LogP) is -0.0547. The molecule has 0 heterocycles. The number of nitrogens with one attached hydrogen (secondary N) is 5. The van der Waals surface area contributed by atoms with Crippen molar-refractivity contribution in [3.63, 3.8) is 0 Å². The van der Waals surface area contributed by atoms with Crippen molar-refractivity contribution in [2.45, 2.75) is 78.6 Å². The lowest BCUT2D eigenvalue weighted by Gasteiger charge is -2.27. The molecule has 0 aromatic heterocycles. The van der Waals surface area contributed by atoms with Crippen molar-refractivity contribution in [3.8, 4) is 0 Å². The molecule has 1 rings (SSSR count). The van der Waals surface area contributed by atoms with Gasteiger partial charge in [-0.1, -0.05) is 45.4 Å². The monoisotopic (exact) mass is 591 g/mol. The number of hydrogen-bond donors (Lipinski definition) is 7. The maximum absolute atomic E-state index is 13.1. The Morgan fingerprint density at radius 2 is 1.26 bits per heavy atom. The Hall–Kier alpha value is -4.49. The van der Waals surface area contributed by atoms with E-state index in [4.69, 9.17) is 5.11 Å². The maximum atomic E-state index is 13.1. The molecule has 0 radical (unpaired) electrons. The van der Waals surface area contributed by atoms with Crippen molar-refractivity contribution in [2.75, 3.05) is 6.54 Å². The first-order chi connectivity index (χ1) is 19.5. The van der Waals surface area contributed by atoms with Crippen molar-refractivity contribution in [2.24, 2.45) is 11.8 Å². The van der Waals surface area contributed by atoms with Gasteiger partial charge in [-0.15, -0.1) is 0 Å². The van der Waals surface area contributed by atoms with Gasteiger partial charge in [0.2, 0.25) is 23.6 Å².